The van der Waals surface area contributed by atoms with Crippen LogP contribution in [0.2, 0.25) is 0 Å². The smallest absolute Gasteiger partial charge is 0.193 e. The number of hydrogen-bond acceptors (Lipinski definition) is 2. The van der Waals surface area contributed by atoms with Crippen molar-refractivity contribution in [3.8, 4) is 11.3 Å². The van der Waals surface area contributed by atoms with E-state index < -0.39 is 0 Å². The molecule has 0 atom stereocenters. The lowest BCUT2D eigenvalue weighted by Gasteiger charge is -2.03. The Labute approximate surface area is 105 Å². The van der Waals surface area contributed by atoms with Crippen LogP contribution >= 0.6 is 0 Å². The molecule has 0 aliphatic carbocycles. The SMILES string of the molecule is Cc1ccc2oc(-c3ccccc3)cc(=O)c2c1. The standard InChI is InChI=1S/C16H12O2/c1-11-7-8-15-13(9-11)14(17)10-16(18-15)12-5-3-2-4-6-12/h2-10H,1H3. The molecule has 18 heavy (non-hydrogen) atoms. The minimum Gasteiger partial charge on any atom is -0.456 e. The number of benzene rings is 2. The van der Waals surface area contributed by atoms with E-state index in [-0.39, 0.29) is 5.43 Å². The van der Waals surface area contributed by atoms with Gasteiger partial charge in [0.1, 0.15) is 11.3 Å². The van der Waals surface area contributed by atoms with Crippen molar-refractivity contribution >= 4 is 11.0 Å². The van der Waals surface area contributed by atoms with E-state index >= 15 is 0 Å². The third-order valence-corrected chi connectivity index (χ3v) is 2.94. The molecule has 0 bridgehead atoms. The molecule has 3 aromatic rings. The summed E-state index contributed by atoms with van der Waals surface area (Å²) in [5.41, 5.74) is 2.60. The molecule has 0 unspecified atom stereocenters. The number of aryl methyl sites for hydroxylation is 1. The number of hydrogen-bond donors (Lipinski definition) is 0. The van der Waals surface area contributed by atoms with E-state index in [1.807, 2.05) is 55.5 Å². The van der Waals surface area contributed by atoms with Crippen LogP contribution in [0.5, 0.6) is 0 Å². The molecule has 1 aromatic heterocycles. The van der Waals surface area contributed by atoms with Crippen molar-refractivity contribution in [2.75, 3.05) is 0 Å². The molecule has 0 aliphatic heterocycles. The topological polar surface area (TPSA) is 30.2 Å². The molecular weight excluding hydrogens is 224 g/mol. The summed E-state index contributed by atoms with van der Waals surface area (Å²) in [5.74, 6) is 0.608. The lowest BCUT2D eigenvalue weighted by atomic mass is 10.1. The second-order valence-electron chi connectivity index (χ2n) is 4.34. The van der Waals surface area contributed by atoms with Gasteiger partial charge in [0.2, 0.25) is 0 Å². The highest BCUT2D eigenvalue weighted by atomic mass is 16.3. The molecule has 0 aliphatic rings. The summed E-state index contributed by atoms with van der Waals surface area (Å²) >= 11 is 0. The average molecular weight is 236 g/mol. The molecular formula is C16H12O2. The molecule has 3 rings (SSSR count). The first-order valence-electron chi connectivity index (χ1n) is 5.84. The van der Waals surface area contributed by atoms with Gasteiger partial charge in [0, 0.05) is 11.6 Å². The third kappa shape index (κ3) is 1.82. The van der Waals surface area contributed by atoms with Crippen LogP contribution in [-0.2, 0) is 0 Å². The Morgan fingerprint density at radius 2 is 1.72 bits per heavy atom. The molecule has 0 spiro atoms. The normalized spacial score (nSPS) is 10.7. The lowest BCUT2D eigenvalue weighted by Crippen LogP contribution is -2.00. The van der Waals surface area contributed by atoms with E-state index in [1.165, 1.54) is 0 Å². The Morgan fingerprint density at radius 1 is 0.944 bits per heavy atom. The van der Waals surface area contributed by atoms with Gasteiger partial charge in [-0.3, -0.25) is 4.79 Å². The molecule has 0 radical (unpaired) electrons. The van der Waals surface area contributed by atoms with E-state index in [4.69, 9.17) is 4.42 Å². The molecule has 0 amide bonds. The number of fused-ring (bicyclic) bond motifs is 1. The minimum absolute atomic E-state index is 0.00111. The second kappa shape index (κ2) is 4.15. The van der Waals surface area contributed by atoms with Crippen LogP contribution in [0.4, 0.5) is 0 Å². The third-order valence-electron chi connectivity index (χ3n) is 2.94. The molecule has 0 saturated heterocycles. The first kappa shape index (κ1) is 10.8. The van der Waals surface area contributed by atoms with Crippen molar-refractivity contribution < 1.29 is 4.42 Å². The van der Waals surface area contributed by atoms with Crippen molar-refractivity contribution in [3.63, 3.8) is 0 Å². The van der Waals surface area contributed by atoms with Crippen LogP contribution < -0.4 is 5.43 Å². The summed E-state index contributed by atoms with van der Waals surface area (Å²) < 4.78 is 5.78. The van der Waals surface area contributed by atoms with Crippen LogP contribution in [0.1, 0.15) is 5.56 Å². The predicted molar refractivity (Wildman–Crippen MR) is 72.7 cm³/mol. The average Bonchev–Trinajstić information content (AvgIpc) is 2.40. The van der Waals surface area contributed by atoms with Gasteiger partial charge in [-0.25, -0.2) is 0 Å². The zero-order valence-electron chi connectivity index (χ0n) is 10.0. The van der Waals surface area contributed by atoms with Gasteiger partial charge in [0.15, 0.2) is 5.43 Å². The lowest BCUT2D eigenvalue weighted by molar-refractivity contribution is 0.619. The highest BCUT2D eigenvalue weighted by Crippen LogP contribution is 2.22. The Bertz CT molecular complexity index is 755. The van der Waals surface area contributed by atoms with E-state index in [9.17, 15) is 4.79 Å². The van der Waals surface area contributed by atoms with Crippen LogP contribution in [0.25, 0.3) is 22.3 Å². The Balaban J connectivity index is 2.29. The molecule has 2 aromatic carbocycles. The quantitative estimate of drug-likeness (QED) is 0.643. The van der Waals surface area contributed by atoms with Gasteiger partial charge in [-0.05, 0) is 19.1 Å². The first-order chi connectivity index (χ1) is 8.74. The van der Waals surface area contributed by atoms with Gasteiger partial charge < -0.3 is 4.42 Å². The van der Waals surface area contributed by atoms with Crippen LogP contribution in [0, 0.1) is 6.92 Å². The Kier molecular flexibility index (Phi) is 2.49. The Morgan fingerprint density at radius 3 is 2.50 bits per heavy atom. The van der Waals surface area contributed by atoms with E-state index in [1.54, 1.807) is 6.07 Å². The van der Waals surface area contributed by atoms with Gasteiger partial charge >= 0.3 is 0 Å². The van der Waals surface area contributed by atoms with E-state index in [2.05, 4.69) is 0 Å². The fourth-order valence-electron chi connectivity index (χ4n) is 2.01. The second-order valence-corrected chi connectivity index (χ2v) is 4.34. The monoisotopic (exact) mass is 236 g/mol. The fraction of sp³-hybridized carbons (Fsp3) is 0.0625. The van der Waals surface area contributed by atoms with Gasteiger partial charge in [-0.1, -0.05) is 42.0 Å². The predicted octanol–water partition coefficient (Wildman–Crippen LogP) is 3.77. The maximum absolute atomic E-state index is 12.1. The van der Waals surface area contributed by atoms with Gasteiger partial charge in [-0.15, -0.1) is 0 Å². The van der Waals surface area contributed by atoms with Crippen LogP contribution in [0.15, 0.2) is 63.8 Å². The van der Waals surface area contributed by atoms with Crippen LogP contribution in [-0.4, -0.2) is 0 Å². The highest BCUT2D eigenvalue weighted by molar-refractivity contribution is 5.79. The van der Waals surface area contributed by atoms with Crippen LogP contribution in [0.3, 0.4) is 0 Å². The van der Waals surface area contributed by atoms with Crippen molar-refractivity contribution in [1.29, 1.82) is 0 Å². The molecule has 2 nitrogen and oxygen atoms in total. The maximum Gasteiger partial charge on any atom is 0.193 e. The van der Waals surface area contributed by atoms with Gasteiger partial charge in [-0.2, -0.15) is 0 Å². The largest absolute Gasteiger partial charge is 0.456 e. The molecule has 88 valence electrons. The summed E-state index contributed by atoms with van der Waals surface area (Å²) in [6.07, 6.45) is 0. The molecule has 0 saturated carbocycles. The highest BCUT2D eigenvalue weighted by Gasteiger charge is 2.06. The fourth-order valence-corrected chi connectivity index (χ4v) is 2.01. The maximum atomic E-state index is 12.1. The summed E-state index contributed by atoms with van der Waals surface area (Å²) in [6, 6.07) is 16.8. The van der Waals surface area contributed by atoms with Gasteiger partial charge in [0.25, 0.3) is 0 Å². The van der Waals surface area contributed by atoms with Crippen molar-refractivity contribution in [2.45, 2.75) is 6.92 Å². The van der Waals surface area contributed by atoms with E-state index in [0.29, 0.717) is 16.7 Å². The van der Waals surface area contributed by atoms with Crippen molar-refractivity contribution in [1.82, 2.24) is 0 Å². The zero-order valence-corrected chi connectivity index (χ0v) is 10.0. The minimum atomic E-state index is -0.00111. The van der Waals surface area contributed by atoms with Crippen molar-refractivity contribution in [2.24, 2.45) is 0 Å². The summed E-state index contributed by atoms with van der Waals surface area (Å²) in [6.45, 7) is 1.96. The molecule has 0 N–H and O–H groups in total. The summed E-state index contributed by atoms with van der Waals surface area (Å²) in [7, 11) is 0. The van der Waals surface area contributed by atoms with Gasteiger partial charge in [0.05, 0.1) is 5.39 Å². The summed E-state index contributed by atoms with van der Waals surface area (Å²) in [5, 5.41) is 0.634. The first-order valence-corrected chi connectivity index (χ1v) is 5.84. The van der Waals surface area contributed by atoms with E-state index in [0.717, 1.165) is 11.1 Å². The summed E-state index contributed by atoms with van der Waals surface area (Å²) in [4.78, 5) is 12.1. The molecule has 0 fully saturated rings. The number of rotatable bonds is 1. The molecule has 1 heterocycles. The Hall–Kier alpha value is -2.35. The zero-order chi connectivity index (χ0) is 12.5. The molecule has 2 heteroatoms. The van der Waals surface area contributed by atoms with Crippen molar-refractivity contribution in [3.05, 3.63) is 70.4 Å².